The molecule has 2 aliphatic rings. The lowest BCUT2D eigenvalue weighted by Gasteiger charge is -2.48. The molecule has 0 heterocycles. The molecule has 0 aromatic rings. The molecule has 0 bridgehead atoms. The zero-order valence-electron chi connectivity index (χ0n) is 4.23. The molecule has 0 nitrogen and oxygen atoms in total. The van der Waals surface area contributed by atoms with Crippen molar-refractivity contribution in [1.82, 2.24) is 0 Å². The number of rotatable bonds is 0. The van der Waals surface area contributed by atoms with E-state index in [9.17, 15) is 4.39 Å². The van der Waals surface area contributed by atoms with Gasteiger partial charge in [0.1, 0.15) is 6.17 Å². The summed E-state index contributed by atoms with van der Waals surface area (Å²) in [4.78, 5) is 0. The summed E-state index contributed by atoms with van der Waals surface area (Å²) in [6, 6.07) is 0. The van der Waals surface area contributed by atoms with Crippen LogP contribution in [-0.2, 0) is 0 Å². The lowest BCUT2D eigenvalue weighted by atomic mass is 9.58. The van der Waals surface area contributed by atoms with Gasteiger partial charge in [0.2, 0.25) is 0 Å². The third kappa shape index (κ3) is 0.320. The minimum absolute atomic E-state index is 0.404. The van der Waals surface area contributed by atoms with E-state index in [-0.39, 0.29) is 0 Å². The fourth-order valence-corrected chi connectivity index (χ4v) is 1.63. The number of hydrogen-bond acceptors (Lipinski definition) is 0. The first-order chi connectivity index (χ1) is 3.38. The number of halogens is 1. The molecule has 2 saturated carbocycles. The molecule has 2 fully saturated rings. The second-order valence-corrected chi connectivity index (χ2v) is 2.75. The van der Waals surface area contributed by atoms with E-state index in [0.717, 1.165) is 12.3 Å². The predicted molar refractivity (Wildman–Crippen MR) is 25.7 cm³/mol. The summed E-state index contributed by atoms with van der Waals surface area (Å²) in [7, 11) is 0. The summed E-state index contributed by atoms with van der Waals surface area (Å²) in [6.07, 6.45) is 2.96. The van der Waals surface area contributed by atoms with E-state index >= 15 is 0 Å². The molecule has 0 saturated heterocycles. The molecule has 2 aliphatic carbocycles. The molecule has 1 heteroatoms. The largest absolute Gasteiger partial charge is 0.247 e. The van der Waals surface area contributed by atoms with Crippen molar-refractivity contribution < 1.29 is 4.39 Å². The SMILES string of the molecule is FC1CC2CCC12. The first kappa shape index (κ1) is 3.88. The van der Waals surface area contributed by atoms with E-state index < -0.39 is 6.17 Å². The summed E-state index contributed by atoms with van der Waals surface area (Å²) in [6.45, 7) is 0. The van der Waals surface area contributed by atoms with E-state index in [1.165, 1.54) is 12.8 Å². The molecule has 0 aromatic carbocycles. The van der Waals surface area contributed by atoms with Crippen LogP contribution in [0.15, 0.2) is 0 Å². The van der Waals surface area contributed by atoms with E-state index in [1.807, 2.05) is 0 Å². The molecule has 3 atom stereocenters. The fourth-order valence-electron chi connectivity index (χ4n) is 1.63. The second kappa shape index (κ2) is 1.01. The fraction of sp³-hybridized carbons (Fsp3) is 1.00. The van der Waals surface area contributed by atoms with Crippen LogP contribution in [0.4, 0.5) is 4.39 Å². The average molecular weight is 100 g/mol. The van der Waals surface area contributed by atoms with Crippen LogP contribution in [0.3, 0.4) is 0 Å². The summed E-state index contributed by atoms with van der Waals surface area (Å²) < 4.78 is 12.2. The molecule has 7 heavy (non-hydrogen) atoms. The molecule has 40 valence electrons. The van der Waals surface area contributed by atoms with Crippen molar-refractivity contribution in [3.8, 4) is 0 Å². The second-order valence-electron chi connectivity index (χ2n) is 2.75. The van der Waals surface area contributed by atoms with Crippen LogP contribution in [0, 0.1) is 11.8 Å². The van der Waals surface area contributed by atoms with Crippen molar-refractivity contribution in [3.63, 3.8) is 0 Å². The van der Waals surface area contributed by atoms with Crippen molar-refractivity contribution in [2.75, 3.05) is 0 Å². The highest BCUT2D eigenvalue weighted by Crippen LogP contribution is 2.51. The van der Waals surface area contributed by atoms with Crippen LogP contribution >= 0.6 is 0 Å². The van der Waals surface area contributed by atoms with Crippen molar-refractivity contribution in [1.29, 1.82) is 0 Å². The zero-order chi connectivity index (χ0) is 4.85. The first-order valence-electron chi connectivity index (χ1n) is 3.02. The van der Waals surface area contributed by atoms with Gasteiger partial charge in [0, 0.05) is 0 Å². The minimum Gasteiger partial charge on any atom is -0.247 e. The first-order valence-corrected chi connectivity index (χ1v) is 3.02. The van der Waals surface area contributed by atoms with Crippen molar-refractivity contribution in [2.24, 2.45) is 11.8 Å². The Morgan fingerprint density at radius 2 is 2.14 bits per heavy atom. The van der Waals surface area contributed by atoms with Gasteiger partial charge in [-0.3, -0.25) is 0 Å². The molecule has 0 aromatic heterocycles. The maximum absolute atomic E-state index is 12.2. The minimum atomic E-state index is -0.404. The van der Waals surface area contributed by atoms with Crippen molar-refractivity contribution in [3.05, 3.63) is 0 Å². The summed E-state index contributed by atoms with van der Waals surface area (Å²) in [5.41, 5.74) is 0. The van der Waals surface area contributed by atoms with E-state index in [2.05, 4.69) is 0 Å². The lowest BCUT2D eigenvalue weighted by molar-refractivity contribution is -0.0460. The standard InChI is InChI=1S/C6H9F/c7-6-3-4-1-2-5(4)6/h4-6H,1-3H2. The van der Waals surface area contributed by atoms with Gasteiger partial charge in [-0.2, -0.15) is 0 Å². The van der Waals surface area contributed by atoms with E-state index in [1.54, 1.807) is 0 Å². The Morgan fingerprint density at radius 1 is 1.29 bits per heavy atom. The molecule has 0 amide bonds. The molecule has 0 radical (unpaired) electrons. The maximum atomic E-state index is 12.2. The van der Waals surface area contributed by atoms with Crippen molar-refractivity contribution in [2.45, 2.75) is 25.4 Å². The van der Waals surface area contributed by atoms with Gasteiger partial charge in [0.05, 0.1) is 0 Å². The van der Waals surface area contributed by atoms with Gasteiger partial charge < -0.3 is 0 Å². The Bertz CT molecular complexity index is 86.2. The number of fused-ring (bicyclic) bond motifs is 1. The quantitative estimate of drug-likeness (QED) is 0.435. The topological polar surface area (TPSA) is 0 Å². The van der Waals surface area contributed by atoms with Crippen molar-refractivity contribution >= 4 is 0 Å². The highest BCUT2D eigenvalue weighted by molar-refractivity contribution is 4.96. The molecule has 0 N–H and O–H groups in total. The highest BCUT2D eigenvalue weighted by atomic mass is 19.1. The summed E-state index contributed by atoms with van der Waals surface area (Å²) >= 11 is 0. The van der Waals surface area contributed by atoms with Crippen LogP contribution in [0.25, 0.3) is 0 Å². The molecule has 3 unspecified atom stereocenters. The van der Waals surface area contributed by atoms with Gasteiger partial charge in [-0.1, -0.05) is 0 Å². The Morgan fingerprint density at radius 3 is 2.14 bits per heavy atom. The van der Waals surface area contributed by atoms with E-state index in [4.69, 9.17) is 0 Å². The molecule has 0 spiro atoms. The monoisotopic (exact) mass is 100 g/mol. The summed E-state index contributed by atoms with van der Waals surface area (Å²) in [5.74, 6) is 1.33. The van der Waals surface area contributed by atoms with Gasteiger partial charge in [0.15, 0.2) is 0 Å². The Balaban J connectivity index is 1.99. The normalized spacial score (nSPS) is 57.0. The van der Waals surface area contributed by atoms with Crippen LogP contribution in [-0.4, -0.2) is 6.17 Å². The van der Waals surface area contributed by atoms with Gasteiger partial charge >= 0.3 is 0 Å². The molecular formula is C6H9F. The highest BCUT2D eigenvalue weighted by Gasteiger charge is 2.47. The van der Waals surface area contributed by atoms with Gasteiger partial charge in [-0.05, 0) is 31.1 Å². The third-order valence-electron chi connectivity index (χ3n) is 2.47. The Kier molecular flexibility index (Phi) is 0.561. The summed E-state index contributed by atoms with van der Waals surface area (Å²) in [5, 5.41) is 0. The molecule has 0 aliphatic heterocycles. The Hall–Kier alpha value is -0.0700. The smallest absolute Gasteiger partial charge is 0.103 e. The van der Waals surface area contributed by atoms with Crippen LogP contribution < -0.4 is 0 Å². The predicted octanol–water partition coefficient (Wildman–Crippen LogP) is 1.75. The lowest BCUT2D eigenvalue weighted by Crippen LogP contribution is -2.45. The number of alkyl halides is 1. The zero-order valence-corrected chi connectivity index (χ0v) is 4.23. The Labute approximate surface area is 42.7 Å². The van der Waals surface area contributed by atoms with Gasteiger partial charge in [-0.25, -0.2) is 4.39 Å². The molecular weight excluding hydrogens is 91.1 g/mol. The average Bonchev–Trinajstić information content (AvgIpc) is 1.59. The van der Waals surface area contributed by atoms with Crippen LogP contribution in [0.5, 0.6) is 0 Å². The van der Waals surface area contributed by atoms with Crippen LogP contribution in [0.1, 0.15) is 19.3 Å². The molecule has 2 rings (SSSR count). The third-order valence-corrected chi connectivity index (χ3v) is 2.47. The van der Waals surface area contributed by atoms with Gasteiger partial charge in [0.25, 0.3) is 0 Å². The maximum Gasteiger partial charge on any atom is 0.103 e. The van der Waals surface area contributed by atoms with E-state index in [0.29, 0.717) is 5.92 Å². The van der Waals surface area contributed by atoms with Crippen LogP contribution in [0.2, 0.25) is 0 Å². The number of hydrogen-bond donors (Lipinski definition) is 0. The van der Waals surface area contributed by atoms with Gasteiger partial charge in [-0.15, -0.1) is 0 Å².